The Bertz CT molecular complexity index is 1080. The van der Waals surface area contributed by atoms with E-state index in [0.29, 0.717) is 17.0 Å². The molecule has 1 aromatic carbocycles. The van der Waals surface area contributed by atoms with Crippen molar-refractivity contribution < 1.29 is 4.79 Å². The van der Waals surface area contributed by atoms with Gasteiger partial charge in [0.2, 0.25) is 0 Å². The molecular weight excluding hydrogens is 424 g/mol. The topological polar surface area (TPSA) is 77.2 Å². The van der Waals surface area contributed by atoms with Gasteiger partial charge in [-0.1, -0.05) is 12.8 Å². The Morgan fingerprint density at radius 3 is 2.44 bits per heavy atom. The third-order valence-electron chi connectivity index (χ3n) is 7.84. The molecule has 0 atom stereocenters. The van der Waals surface area contributed by atoms with Crippen LogP contribution in [-0.4, -0.2) is 42.5 Å². The number of aromatic nitrogens is 1. The molecule has 2 heterocycles. The van der Waals surface area contributed by atoms with Crippen LogP contribution < -0.4 is 16.2 Å². The molecule has 2 fully saturated rings. The second-order valence-electron chi connectivity index (χ2n) is 10.5. The number of hydrogen-bond donors (Lipinski definition) is 3. The first-order chi connectivity index (χ1) is 16.3. The standard InChI is InChI=1S/C28H40N4O2/c1-18-13-19(2)31-28(34)25(18)17-30-27(33)24-14-23(22-9-11-32(4)12-10-22)15-26(20(24)3)29-16-21-7-5-6-8-21/h13-15,21-22,29H,5-12,16-17H2,1-4H3,(H,30,33)(H,31,34). The number of piperidine rings is 1. The summed E-state index contributed by atoms with van der Waals surface area (Å²) in [5.74, 6) is 1.08. The van der Waals surface area contributed by atoms with Crippen LogP contribution in [0, 0.1) is 26.7 Å². The van der Waals surface area contributed by atoms with Crippen LogP contribution in [0.3, 0.4) is 0 Å². The summed E-state index contributed by atoms with van der Waals surface area (Å²) in [6.45, 7) is 9.18. The fraction of sp³-hybridized carbons (Fsp3) is 0.571. The number of carbonyl (C=O) groups is 1. The van der Waals surface area contributed by atoms with Crippen molar-refractivity contribution in [3.8, 4) is 0 Å². The molecule has 0 spiro atoms. The van der Waals surface area contributed by atoms with Crippen molar-refractivity contribution in [3.63, 3.8) is 0 Å². The number of carbonyl (C=O) groups excluding carboxylic acids is 1. The molecule has 184 valence electrons. The highest BCUT2D eigenvalue weighted by molar-refractivity contribution is 5.97. The van der Waals surface area contributed by atoms with Crippen molar-refractivity contribution >= 4 is 11.6 Å². The third-order valence-corrected chi connectivity index (χ3v) is 7.84. The molecule has 34 heavy (non-hydrogen) atoms. The fourth-order valence-electron chi connectivity index (χ4n) is 5.57. The van der Waals surface area contributed by atoms with Crippen LogP contribution in [0.4, 0.5) is 5.69 Å². The molecule has 6 nitrogen and oxygen atoms in total. The molecule has 0 unspecified atom stereocenters. The normalized spacial score (nSPS) is 17.8. The lowest BCUT2D eigenvalue weighted by Crippen LogP contribution is -2.30. The zero-order valence-electron chi connectivity index (χ0n) is 21.2. The van der Waals surface area contributed by atoms with Gasteiger partial charge in [0.1, 0.15) is 0 Å². The summed E-state index contributed by atoms with van der Waals surface area (Å²) in [6.07, 6.45) is 7.45. The third kappa shape index (κ3) is 5.72. The first-order valence-electron chi connectivity index (χ1n) is 12.9. The Morgan fingerprint density at radius 1 is 1.06 bits per heavy atom. The summed E-state index contributed by atoms with van der Waals surface area (Å²) < 4.78 is 0. The maximum atomic E-state index is 13.4. The molecule has 1 aliphatic carbocycles. The van der Waals surface area contributed by atoms with E-state index in [9.17, 15) is 9.59 Å². The summed E-state index contributed by atoms with van der Waals surface area (Å²) >= 11 is 0. The largest absolute Gasteiger partial charge is 0.385 e. The van der Waals surface area contributed by atoms with Gasteiger partial charge in [-0.05, 0) is 113 Å². The molecule has 3 N–H and O–H groups in total. The number of rotatable bonds is 7. The summed E-state index contributed by atoms with van der Waals surface area (Å²) in [5.41, 5.74) is 6.25. The van der Waals surface area contributed by atoms with Crippen molar-refractivity contribution in [1.82, 2.24) is 15.2 Å². The summed E-state index contributed by atoms with van der Waals surface area (Å²) in [6, 6.07) is 6.32. The van der Waals surface area contributed by atoms with E-state index in [2.05, 4.69) is 39.7 Å². The van der Waals surface area contributed by atoms with E-state index >= 15 is 0 Å². The van der Waals surface area contributed by atoms with Crippen molar-refractivity contribution in [2.24, 2.45) is 5.92 Å². The number of aryl methyl sites for hydroxylation is 2. The minimum absolute atomic E-state index is 0.115. The minimum Gasteiger partial charge on any atom is -0.385 e. The van der Waals surface area contributed by atoms with Gasteiger partial charge >= 0.3 is 0 Å². The van der Waals surface area contributed by atoms with E-state index in [1.54, 1.807) is 0 Å². The average Bonchev–Trinajstić information content (AvgIpc) is 3.32. The van der Waals surface area contributed by atoms with Crippen LogP contribution in [0.1, 0.15) is 82.7 Å². The number of nitrogens with one attached hydrogen (secondary N) is 3. The molecule has 6 heteroatoms. The summed E-state index contributed by atoms with van der Waals surface area (Å²) in [7, 11) is 2.17. The predicted molar refractivity (Wildman–Crippen MR) is 139 cm³/mol. The number of H-pyrrole nitrogens is 1. The quantitative estimate of drug-likeness (QED) is 0.558. The number of hydrogen-bond acceptors (Lipinski definition) is 4. The molecule has 0 radical (unpaired) electrons. The fourth-order valence-corrected chi connectivity index (χ4v) is 5.57. The monoisotopic (exact) mass is 464 g/mol. The zero-order chi connectivity index (χ0) is 24.2. The Morgan fingerprint density at radius 2 is 1.76 bits per heavy atom. The smallest absolute Gasteiger partial charge is 0.253 e. The van der Waals surface area contributed by atoms with Crippen LogP contribution in [0.2, 0.25) is 0 Å². The number of aromatic amines is 1. The van der Waals surface area contributed by atoms with E-state index in [4.69, 9.17) is 0 Å². The number of nitrogens with zero attached hydrogens (tertiary/aromatic N) is 1. The van der Waals surface area contributed by atoms with Crippen LogP contribution in [0.15, 0.2) is 23.0 Å². The van der Waals surface area contributed by atoms with E-state index < -0.39 is 0 Å². The first-order valence-corrected chi connectivity index (χ1v) is 12.9. The van der Waals surface area contributed by atoms with Gasteiger partial charge in [-0.3, -0.25) is 9.59 Å². The van der Waals surface area contributed by atoms with Crippen LogP contribution in [-0.2, 0) is 6.54 Å². The van der Waals surface area contributed by atoms with Crippen molar-refractivity contribution in [1.29, 1.82) is 0 Å². The van der Waals surface area contributed by atoms with Gasteiger partial charge in [-0.25, -0.2) is 0 Å². The van der Waals surface area contributed by atoms with Gasteiger partial charge in [0.25, 0.3) is 11.5 Å². The van der Waals surface area contributed by atoms with Gasteiger partial charge < -0.3 is 20.5 Å². The molecule has 2 aromatic rings. The van der Waals surface area contributed by atoms with Crippen molar-refractivity contribution in [3.05, 3.63) is 62.1 Å². The zero-order valence-corrected chi connectivity index (χ0v) is 21.2. The molecule has 1 saturated carbocycles. The Hall–Kier alpha value is -2.60. The number of anilines is 1. The van der Waals surface area contributed by atoms with Crippen LogP contribution in [0.25, 0.3) is 0 Å². The second-order valence-corrected chi connectivity index (χ2v) is 10.5. The van der Waals surface area contributed by atoms with Gasteiger partial charge in [-0.2, -0.15) is 0 Å². The molecule has 2 aliphatic rings. The molecule has 0 bridgehead atoms. The highest BCUT2D eigenvalue weighted by Gasteiger charge is 2.23. The molecule has 1 amide bonds. The molecule has 4 rings (SSSR count). The number of benzene rings is 1. The maximum absolute atomic E-state index is 13.4. The van der Waals surface area contributed by atoms with Crippen molar-refractivity contribution in [2.75, 3.05) is 32.0 Å². The first kappa shape index (κ1) is 24.5. The molecule has 1 saturated heterocycles. The summed E-state index contributed by atoms with van der Waals surface area (Å²) in [4.78, 5) is 31.0. The molecule has 1 aliphatic heterocycles. The summed E-state index contributed by atoms with van der Waals surface area (Å²) in [5, 5.41) is 6.72. The van der Waals surface area contributed by atoms with Gasteiger partial charge in [0, 0.05) is 35.6 Å². The number of amides is 1. The lowest BCUT2D eigenvalue weighted by Gasteiger charge is -2.30. The Labute approximate surface area is 203 Å². The van der Waals surface area contributed by atoms with Crippen LogP contribution >= 0.6 is 0 Å². The van der Waals surface area contributed by atoms with E-state index in [-0.39, 0.29) is 18.0 Å². The Balaban J connectivity index is 1.57. The van der Waals surface area contributed by atoms with Gasteiger partial charge in [0.15, 0.2) is 0 Å². The van der Waals surface area contributed by atoms with Crippen molar-refractivity contribution in [2.45, 2.75) is 71.8 Å². The van der Waals surface area contributed by atoms with Gasteiger partial charge in [-0.15, -0.1) is 0 Å². The SMILES string of the molecule is Cc1cc(C)c(CNC(=O)c2cc(C3CCN(C)CC3)cc(NCC3CCCC3)c2C)c(=O)[nH]1. The van der Waals surface area contributed by atoms with E-state index in [1.807, 2.05) is 26.8 Å². The maximum Gasteiger partial charge on any atom is 0.253 e. The van der Waals surface area contributed by atoms with E-state index in [1.165, 1.54) is 31.2 Å². The highest BCUT2D eigenvalue weighted by atomic mass is 16.1. The molecular formula is C28H40N4O2. The number of likely N-dealkylation sites (tertiary alicyclic amines) is 1. The Kier molecular flexibility index (Phi) is 7.77. The lowest BCUT2D eigenvalue weighted by molar-refractivity contribution is 0.0950. The molecule has 1 aromatic heterocycles. The van der Waals surface area contributed by atoms with E-state index in [0.717, 1.165) is 60.9 Å². The highest BCUT2D eigenvalue weighted by Crippen LogP contribution is 2.33. The average molecular weight is 465 g/mol. The second kappa shape index (κ2) is 10.8. The van der Waals surface area contributed by atoms with Crippen LogP contribution in [0.5, 0.6) is 0 Å². The lowest BCUT2D eigenvalue weighted by atomic mass is 9.87. The predicted octanol–water partition coefficient (Wildman–Crippen LogP) is 4.64. The van der Waals surface area contributed by atoms with Gasteiger partial charge in [0.05, 0.1) is 0 Å². The number of pyridine rings is 1. The minimum atomic E-state index is -0.131.